The van der Waals surface area contributed by atoms with Crippen LogP contribution in [0.15, 0.2) is 0 Å². The number of methoxy groups -OCH3 is 1. The zero-order valence-electron chi connectivity index (χ0n) is 8.28. The first-order valence-corrected chi connectivity index (χ1v) is 4.75. The van der Waals surface area contributed by atoms with Crippen molar-refractivity contribution in [1.82, 2.24) is 4.90 Å². The van der Waals surface area contributed by atoms with E-state index in [1.54, 1.807) is 4.90 Å². The number of halogens is 1. The third-order valence-electron chi connectivity index (χ3n) is 2.43. The van der Waals surface area contributed by atoms with Crippen molar-refractivity contribution < 1.29 is 19.0 Å². The lowest BCUT2D eigenvalue weighted by molar-refractivity contribution is -0.145. The molecule has 82 valence electrons. The van der Waals surface area contributed by atoms with Crippen LogP contribution in [-0.2, 0) is 9.53 Å². The fourth-order valence-electron chi connectivity index (χ4n) is 1.77. The van der Waals surface area contributed by atoms with Gasteiger partial charge < -0.3 is 9.84 Å². The summed E-state index contributed by atoms with van der Waals surface area (Å²) < 4.78 is 16.6. The van der Waals surface area contributed by atoms with Crippen LogP contribution in [0.4, 0.5) is 4.39 Å². The third-order valence-corrected chi connectivity index (χ3v) is 2.43. The summed E-state index contributed by atoms with van der Waals surface area (Å²) in [6.07, 6.45) is 0.276. The molecule has 1 aliphatic heterocycles. The Balaban J connectivity index is 2.49. The Kier molecular flexibility index (Phi) is 4.28. The summed E-state index contributed by atoms with van der Waals surface area (Å²) >= 11 is 0. The van der Waals surface area contributed by atoms with Gasteiger partial charge in [-0.3, -0.25) is 14.1 Å². The minimum atomic E-state index is -0.501. The molecule has 0 spiro atoms. The van der Waals surface area contributed by atoms with Gasteiger partial charge in [-0.15, -0.1) is 0 Å². The van der Waals surface area contributed by atoms with Crippen LogP contribution in [-0.4, -0.2) is 55.0 Å². The summed E-state index contributed by atoms with van der Waals surface area (Å²) in [6, 6.07) is -0.401. The molecule has 4 nitrogen and oxygen atoms in total. The maximum absolute atomic E-state index is 11.9. The highest BCUT2D eigenvalue weighted by Gasteiger charge is 2.36. The van der Waals surface area contributed by atoms with Crippen LogP contribution in [0, 0.1) is 0 Å². The average molecular weight is 205 g/mol. The molecule has 1 aliphatic rings. The zero-order chi connectivity index (χ0) is 10.6. The second-order valence-electron chi connectivity index (χ2n) is 3.47. The van der Waals surface area contributed by atoms with E-state index in [1.165, 1.54) is 7.11 Å². The van der Waals surface area contributed by atoms with Gasteiger partial charge in [-0.1, -0.05) is 0 Å². The van der Waals surface area contributed by atoms with Crippen molar-refractivity contribution in [2.45, 2.75) is 25.0 Å². The molecular weight excluding hydrogens is 189 g/mol. The number of rotatable bonds is 4. The van der Waals surface area contributed by atoms with Crippen molar-refractivity contribution in [3.8, 4) is 0 Å². The molecule has 0 radical (unpaired) electrons. The minimum Gasteiger partial charge on any atom is -0.468 e. The molecule has 0 aromatic carbocycles. The molecule has 2 atom stereocenters. The number of hydrogen-bond acceptors (Lipinski definition) is 4. The largest absolute Gasteiger partial charge is 0.468 e. The van der Waals surface area contributed by atoms with E-state index in [0.29, 0.717) is 25.9 Å². The predicted octanol–water partition coefficient (Wildman–Crippen LogP) is -0.0458. The highest BCUT2D eigenvalue weighted by molar-refractivity contribution is 5.76. The van der Waals surface area contributed by atoms with Crippen molar-refractivity contribution in [3.05, 3.63) is 0 Å². The van der Waals surface area contributed by atoms with Gasteiger partial charge in [-0.2, -0.15) is 0 Å². The van der Waals surface area contributed by atoms with E-state index >= 15 is 0 Å². The quantitative estimate of drug-likeness (QED) is 0.654. The molecule has 0 aromatic rings. The number of carbonyl (C=O) groups excluding carboxylic acids is 1. The number of aliphatic hydroxyl groups excluding tert-OH is 1. The Bertz CT molecular complexity index is 200. The molecule has 2 unspecified atom stereocenters. The van der Waals surface area contributed by atoms with Gasteiger partial charge in [-0.25, -0.2) is 0 Å². The Morgan fingerprint density at radius 2 is 2.43 bits per heavy atom. The number of likely N-dealkylation sites (tertiary alicyclic amines) is 1. The Morgan fingerprint density at radius 3 is 3.00 bits per heavy atom. The predicted molar refractivity (Wildman–Crippen MR) is 48.6 cm³/mol. The Morgan fingerprint density at radius 1 is 1.71 bits per heavy atom. The molecule has 1 heterocycles. The SMILES string of the molecule is COC(=O)C1CC(O)CN1CCCF. The van der Waals surface area contributed by atoms with Gasteiger partial charge in [0.15, 0.2) is 0 Å². The normalized spacial score (nSPS) is 27.9. The number of aliphatic hydroxyl groups is 1. The lowest BCUT2D eigenvalue weighted by Crippen LogP contribution is -2.37. The van der Waals surface area contributed by atoms with Crippen LogP contribution in [0.1, 0.15) is 12.8 Å². The maximum Gasteiger partial charge on any atom is 0.323 e. The van der Waals surface area contributed by atoms with Gasteiger partial charge in [0.2, 0.25) is 0 Å². The molecule has 0 aliphatic carbocycles. The lowest BCUT2D eigenvalue weighted by Gasteiger charge is -2.20. The smallest absolute Gasteiger partial charge is 0.323 e. The number of esters is 1. The van der Waals surface area contributed by atoms with Gasteiger partial charge in [0, 0.05) is 19.5 Å². The number of hydrogen-bond donors (Lipinski definition) is 1. The molecule has 1 rings (SSSR count). The van der Waals surface area contributed by atoms with Crippen LogP contribution < -0.4 is 0 Å². The Hall–Kier alpha value is -0.680. The number of nitrogens with zero attached hydrogens (tertiary/aromatic N) is 1. The monoisotopic (exact) mass is 205 g/mol. The molecule has 0 saturated carbocycles. The van der Waals surface area contributed by atoms with Crippen molar-refractivity contribution in [1.29, 1.82) is 0 Å². The topological polar surface area (TPSA) is 49.8 Å². The maximum atomic E-state index is 11.9. The van der Waals surface area contributed by atoms with E-state index in [2.05, 4.69) is 4.74 Å². The molecule has 5 heteroatoms. The first-order valence-electron chi connectivity index (χ1n) is 4.75. The molecule has 14 heavy (non-hydrogen) atoms. The van der Waals surface area contributed by atoms with Crippen LogP contribution in [0.5, 0.6) is 0 Å². The number of ether oxygens (including phenoxy) is 1. The summed E-state index contributed by atoms with van der Waals surface area (Å²) in [5, 5.41) is 9.37. The summed E-state index contributed by atoms with van der Waals surface area (Å²) in [5.41, 5.74) is 0. The summed E-state index contributed by atoms with van der Waals surface area (Å²) in [4.78, 5) is 13.0. The van der Waals surface area contributed by atoms with Crippen molar-refractivity contribution in [2.24, 2.45) is 0 Å². The van der Waals surface area contributed by atoms with E-state index in [4.69, 9.17) is 0 Å². The van der Waals surface area contributed by atoms with Gasteiger partial charge >= 0.3 is 5.97 Å². The van der Waals surface area contributed by atoms with Gasteiger partial charge in [0.25, 0.3) is 0 Å². The van der Waals surface area contributed by atoms with Crippen molar-refractivity contribution in [2.75, 3.05) is 26.9 Å². The van der Waals surface area contributed by atoms with E-state index in [-0.39, 0.29) is 5.97 Å². The van der Waals surface area contributed by atoms with E-state index in [1.807, 2.05) is 0 Å². The molecule has 1 fully saturated rings. The third kappa shape index (κ3) is 2.65. The van der Waals surface area contributed by atoms with Gasteiger partial charge in [-0.05, 0) is 6.42 Å². The molecular formula is C9H16FNO3. The first kappa shape index (κ1) is 11.4. The fourth-order valence-corrected chi connectivity index (χ4v) is 1.77. The number of alkyl halides is 1. The standard InChI is InChI=1S/C9H16FNO3/c1-14-9(13)8-5-7(12)6-11(8)4-2-3-10/h7-8,12H,2-6H2,1H3. The molecule has 0 amide bonds. The summed E-state index contributed by atoms with van der Waals surface area (Å²) in [7, 11) is 1.32. The number of carbonyl (C=O) groups is 1. The molecule has 1 saturated heterocycles. The van der Waals surface area contributed by atoms with E-state index in [0.717, 1.165) is 0 Å². The van der Waals surface area contributed by atoms with Crippen molar-refractivity contribution in [3.63, 3.8) is 0 Å². The van der Waals surface area contributed by atoms with E-state index in [9.17, 15) is 14.3 Å². The minimum absolute atomic E-state index is 0.347. The van der Waals surface area contributed by atoms with Crippen LogP contribution in [0.2, 0.25) is 0 Å². The molecule has 0 aromatic heterocycles. The zero-order valence-corrected chi connectivity index (χ0v) is 8.28. The summed E-state index contributed by atoms with van der Waals surface area (Å²) in [5.74, 6) is -0.347. The second kappa shape index (κ2) is 5.26. The molecule has 1 N–H and O–H groups in total. The van der Waals surface area contributed by atoms with Crippen LogP contribution >= 0.6 is 0 Å². The van der Waals surface area contributed by atoms with E-state index < -0.39 is 18.8 Å². The average Bonchev–Trinajstić information content (AvgIpc) is 2.55. The Labute approximate surface area is 82.6 Å². The summed E-state index contributed by atoms with van der Waals surface area (Å²) in [6.45, 7) is 0.521. The van der Waals surface area contributed by atoms with Gasteiger partial charge in [0.1, 0.15) is 6.04 Å². The lowest BCUT2D eigenvalue weighted by atomic mass is 10.2. The second-order valence-corrected chi connectivity index (χ2v) is 3.47. The number of β-amino-alcohol motifs (C(OH)–C–C–N with tert-alkyl or cyclic N) is 1. The highest BCUT2D eigenvalue weighted by Crippen LogP contribution is 2.19. The van der Waals surface area contributed by atoms with Crippen molar-refractivity contribution >= 4 is 5.97 Å². The highest BCUT2D eigenvalue weighted by atomic mass is 19.1. The first-order chi connectivity index (χ1) is 6.69. The fraction of sp³-hybridized carbons (Fsp3) is 0.889. The van der Waals surface area contributed by atoms with Crippen LogP contribution in [0.3, 0.4) is 0 Å². The van der Waals surface area contributed by atoms with Crippen LogP contribution in [0.25, 0.3) is 0 Å². The van der Waals surface area contributed by atoms with Gasteiger partial charge in [0.05, 0.1) is 19.9 Å². The molecule has 0 bridgehead atoms.